The molecule has 1 aliphatic heterocycles. The van der Waals surface area contributed by atoms with Crippen molar-refractivity contribution in [1.29, 1.82) is 0 Å². The largest absolute Gasteiger partial charge is 0.368 e. The van der Waals surface area contributed by atoms with Gasteiger partial charge < -0.3 is 15.5 Å². The Kier molecular flexibility index (Phi) is 5.04. The Labute approximate surface area is 190 Å². The predicted molar refractivity (Wildman–Crippen MR) is 127 cm³/mol. The number of nitrogens with one attached hydrogen (secondary N) is 2. The van der Waals surface area contributed by atoms with Gasteiger partial charge in [0.05, 0.1) is 23.6 Å². The number of thiazole rings is 1. The maximum absolute atomic E-state index is 13.2. The molecule has 4 aromatic rings. The van der Waals surface area contributed by atoms with Crippen LogP contribution in [0.5, 0.6) is 0 Å². The maximum Gasteiger partial charge on any atom is 0.138 e. The summed E-state index contributed by atoms with van der Waals surface area (Å²) >= 11 is 1.62. The molecule has 32 heavy (non-hydrogen) atoms. The lowest BCUT2D eigenvalue weighted by Gasteiger charge is -2.29. The first kappa shape index (κ1) is 19.7. The first-order valence-corrected chi connectivity index (χ1v) is 12.0. The summed E-state index contributed by atoms with van der Waals surface area (Å²) in [6.07, 6.45) is 4.62. The van der Waals surface area contributed by atoms with Gasteiger partial charge in [0.2, 0.25) is 0 Å². The quantitative estimate of drug-likeness (QED) is 0.455. The van der Waals surface area contributed by atoms with Gasteiger partial charge in [0.15, 0.2) is 0 Å². The molecule has 6 nitrogen and oxygen atoms in total. The SMILES string of the molecule is Fc1ccc(-c2csc(CNc3c(C4CC4)nc4ccc(N5CCNCC5)cn34)n2)cc1. The average Bonchev–Trinajstić information content (AvgIpc) is 3.46. The molecular weight excluding hydrogens is 423 g/mol. The Morgan fingerprint density at radius 1 is 1.06 bits per heavy atom. The Morgan fingerprint density at radius 3 is 2.66 bits per heavy atom. The number of piperazine rings is 1. The Balaban J connectivity index is 1.27. The van der Waals surface area contributed by atoms with E-state index in [0.29, 0.717) is 12.5 Å². The van der Waals surface area contributed by atoms with Crippen LogP contribution in [-0.2, 0) is 6.54 Å². The van der Waals surface area contributed by atoms with E-state index in [1.807, 2.05) is 5.38 Å². The van der Waals surface area contributed by atoms with Gasteiger partial charge in [0, 0.05) is 49.2 Å². The Hall–Kier alpha value is -2.97. The molecular formula is C24H25FN6S. The van der Waals surface area contributed by atoms with Crippen LogP contribution in [0.15, 0.2) is 48.0 Å². The fourth-order valence-corrected chi connectivity index (χ4v) is 5.03. The van der Waals surface area contributed by atoms with Gasteiger partial charge in [-0.1, -0.05) is 0 Å². The minimum Gasteiger partial charge on any atom is -0.368 e. The number of imidazole rings is 1. The highest BCUT2D eigenvalue weighted by Crippen LogP contribution is 2.43. The van der Waals surface area contributed by atoms with Gasteiger partial charge in [-0.15, -0.1) is 11.3 Å². The monoisotopic (exact) mass is 448 g/mol. The highest BCUT2D eigenvalue weighted by Gasteiger charge is 2.30. The van der Waals surface area contributed by atoms with E-state index in [2.05, 4.69) is 38.3 Å². The fraction of sp³-hybridized carbons (Fsp3) is 0.333. The van der Waals surface area contributed by atoms with Gasteiger partial charge in [-0.05, 0) is 49.2 Å². The van der Waals surface area contributed by atoms with Crippen molar-refractivity contribution >= 4 is 28.5 Å². The van der Waals surface area contributed by atoms with Crippen LogP contribution >= 0.6 is 11.3 Å². The summed E-state index contributed by atoms with van der Waals surface area (Å²) in [6, 6.07) is 10.8. The smallest absolute Gasteiger partial charge is 0.138 e. The topological polar surface area (TPSA) is 57.5 Å². The van der Waals surface area contributed by atoms with Gasteiger partial charge in [-0.3, -0.25) is 4.40 Å². The number of anilines is 2. The van der Waals surface area contributed by atoms with Crippen molar-refractivity contribution in [3.63, 3.8) is 0 Å². The molecule has 0 bridgehead atoms. The van der Waals surface area contributed by atoms with E-state index >= 15 is 0 Å². The first-order valence-electron chi connectivity index (χ1n) is 11.2. The zero-order chi connectivity index (χ0) is 21.5. The maximum atomic E-state index is 13.2. The van der Waals surface area contributed by atoms with Crippen LogP contribution in [0.4, 0.5) is 15.9 Å². The summed E-state index contributed by atoms with van der Waals surface area (Å²) < 4.78 is 15.4. The van der Waals surface area contributed by atoms with Crippen LogP contribution in [0.25, 0.3) is 16.9 Å². The van der Waals surface area contributed by atoms with Crippen LogP contribution in [0.1, 0.15) is 29.5 Å². The van der Waals surface area contributed by atoms with Gasteiger partial charge in [-0.2, -0.15) is 0 Å². The minimum atomic E-state index is -0.230. The van der Waals surface area contributed by atoms with Gasteiger partial charge in [0.1, 0.15) is 22.3 Å². The summed E-state index contributed by atoms with van der Waals surface area (Å²) in [4.78, 5) is 12.1. The number of hydrogen-bond acceptors (Lipinski definition) is 6. The van der Waals surface area contributed by atoms with Crippen LogP contribution in [0, 0.1) is 5.82 Å². The molecule has 1 saturated heterocycles. The zero-order valence-electron chi connectivity index (χ0n) is 17.7. The highest BCUT2D eigenvalue weighted by atomic mass is 32.1. The number of hydrogen-bond donors (Lipinski definition) is 2. The summed E-state index contributed by atoms with van der Waals surface area (Å²) in [6.45, 7) is 4.70. The van der Waals surface area contributed by atoms with Crippen LogP contribution in [0.3, 0.4) is 0 Å². The molecule has 0 amide bonds. The van der Waals surface area contributed by atoms with E-state index in [-0.39, 0.29) is 5.82 Å². The van der Waals surface area contributed by atoms with E-state index in [9.17, 15) is 4.39 Å². The minimum absolute atomic E-state index is 0.230. The van der Waals surface area contributed by atoms with Crippen molar-refractivity contribution in [3.8, 4) is 11.3 Å². The van der Waals surface area contributed by atoms with Crippen molar-refractivity contribution in [2.75, 3.05) is 36.4 Å². The molecule has 2 N–H and O–H groups in total. The van der Waals surface area contributed by atoms with Crippen molar-refractivity contribution in [1.82, 2.24) is 19.7 Å². The first-order chi connectivity index (χ1) is 15.7. The molecule has 0 spiro atoms. The Morgan fingerprint density at radius 2 is 1.88 bits per heavy atom. The summed E-state index contributed by atoms with van der Waals surface area (Å²) in [7, 11) is 0. The summed E-state index contributed by atoms with van der Waals surface area (Å²) in [5.74, 6) is 1.40. The van der Waals surface area contributed by atoms with E-state index in [1.165, 1.54) is 30.7 Å². The number of pyridine rings is 1. The molecule has 1 aromatic carbocycles. The highest BCUT2D eigenvalue weighted by molar-refractivity contribution is 7.10. The lowest BCUT2D eigenvalue weighted by molar-refractivity contribution is 0.588. The van der Waals surface area contributed by atoms with E-state index < -0.39 is 0 Å². The molecule has 6 rings (SSSR count). The number of fused-ring (bicyclic) bond motifs is 1. The molecule has 4 heterocycles. The molecule has 3 aromatic heterocycles. The van der Waals surface area contributed by atoms with Crippen molar-refractivity contribution in [2.45, 2.75) is 25.3 Å². The third-order valence-corrected chi connectivity index (χ3v) is 7.02. The summed E-state index contributed by atoms with van der Waals surface area (Å²) in [5.41, 5.74) is 5.20. The number of rotatable bonds is 6. The second kappa shape index (κ2) is 8.18. The molecule has 0 atom stereocenters. The normalized spacial score (nSPS) is 16.6. The molecule has 2 fully saturated rings. The van der Waals surface area contributed by atoms with Crippen LogP contribution in [0.2, 0.25) is 0 Å². The molecule has 0 radical (unpaired) electrons. The summed E-state index contributed by atoms with van der Waals surface area (Å²) in [5, 5.41) is 10.1. The fourth-order valence-electron chi connectivity index (χ4n) is 4.28. The third kappa shape index (κ3) is 3.84. The average molecular weight is 449 g/mol. The number of nitrogens with zero attached hydrogens (tertiary/aromatic N) is 4. The van der Waals surface area contributed by atoms with Crippen molar-refractivity contribution in [3.05, 3.63) is 64.5 Å². The van der Waals surface area contributed by atoms with Gasteiger partial charge in [-0.25, -0.2) is 14.4 Å². The van der Waals surface area contributed by atoms with Crippen molar-refractivity contribution in [2.24, 2.45) is 0 Å². The second-order valence-corrected chi connectivity index (χ2v) is 9.40. The molecule has 164 valence electrons. The van der Waals surface area contributed by atoms with Crippen molar-refractivity contribution < 1.29 is 4.39 Å². The lowest BCUT2D eigenvalue weighted by atomic mass is 10.2. The van der Waals surface area contributed by atoms with Gasteiger partial charge in [0.25, 0.3) is 0 Å². The predicted octanol–water partition coefficient (Wildman–Crippen LogP) is 4.50. The van der Waals surface area contributed by atoms with Crippen LogP contribution < -0.4 is 15.5 Å². The number of benzene rings is 1. The number of halogens is 1. The van der Waals surface area contributed by atoms with Crippen LogP contribution in [-0.4, -0.2) is 40.5 Å². The van der Waals surface area contributed by atoms with Gasteiger partial charge >= 0.3 is 0 Å². The molecule has 1 saturated carbocycles. The molecule has 8 heteroatoms. The van der Waals surface area contributed by atoms with E-state index in [4.69, 9.17) is 9.97 Å². The second-order valence-electron chi connectivity index (χ2n) is 8.46. The Bertz CT molecular complexity index is 1240. The van der Waals surface area contributed by atoms with E-state index in [0.717, 1.165) is 59.6 Å². The molecule has 1 aliphatic carbocycles. The number of aromatic nitrogens is 3. The third-order valence-electron chi connectivity index (χ3n) is 6.17. The standard InChI is InChI=1S/C24H25FN6S/c25-18-5-3-16(4-6-18)20-15-32-22(28-20)13-27-24-23(17-1-2-17)29-21-8-7-19(14-31(21)24)30-11-9-26-10-12-30/h3-8,14-15,17,26-27H,1-2,9-13H2. The zero-order valence-corrected chi connectivity index (χ0v) is 18.5. The van der Waals surface area contributed by atoms with E-state index in [1.54, 1.807) is 23.5 Å². The molecule has 0 unspecified atom stereocenters. The lowest BCUT2D eigenvalue weighted by Crippen LogP contribution is -2.43. The molecule has 2 aliphatic rings.